The first kappa shape index (κ1) is 20.1. The molecule has 0 aliphatic rings. The van der Waals surface area contributed by atoms with Crippen molar-refractivity contribution in [2.24, 2.45) is 11.8 Å². The maximum atomic E-state index is 12.4. The summed E-state index contributed by atoms with van der Waals surface area (Å²) >= 11 is 0. The van der Waals surface area contributed by atoms with E-state index in [0.29, 0.717) is 19.0 Å². The van der Waals surface area contributed by atoms with Crippen LogP contribution in [0.25, 0.3) is 0 Å². The van der Waals surface area contributed by atoms with Crippen LogP contribution in [-0.4, -0.2) is 41.5 Å². The van der Waals surface area contributed by atoms with Crippen molar-refractivity contribution < 1.29 is 14.2 Å². The summed E-state index contributed by atoms with van der Waals surface area (Å²) < 4.78 is 1.74. The molecule has 2 amide bonds. The SMILES string of the molecule is CC(C)CN([NH])CC(=O)N(CC(C)C)NC(=O)C[n+]1ccccc1. The molecule has 0 fully saturated rings. The number of rotatable bonds is 8. The number of amides is 2. The molecule has 24 heavy (non-hydrogen) atoms. The van der Waals surface area contributed by atoms with Crippen LogP contribution in [0.2, 0.25) is 0 Å². The predicted molar refractivity (Wildman–Crippen MR) is 90.8 cm³/mol. The third-order valence-electron chi connectivity index (χ3n) is 3.12. The van der Waals surface area contributed by atoms with E-state index in [1.807, 2.05) is 45.9 Å². The largest absolute Gasteiger partial charge is 0.304 e. The number of carbonyl (C=O) groups excluding carboxylic acids is 2. The molecule has 1 aromatic rings. The number of nitrogens with one attached hydrogen (secondary N) is 2. The lowest BCUT2D eigenvalue weighted by Gasteiger charge is -2.26. The molecule has 1 heterocycles. The van der Waals surface area contributed by atoms with Crippen molar-refractivity contribution in [1.82, 2.24) is 21.3 Å². The highest BCUT2D eigenvalue weighted by Crippen LogP contribution is 2.00. The first-order valence-electron chi connectivity index (χ1n) is 8.28. The van der Waals surface area contributed by atoms with Gasteiger partial charge in [-0.2, -0.15) is 10.4 Å². The molecule has 0 aliphatic heterocycles. The number of hydrogen-bond acceptors (Lipinski definition) is 3. The molecule has 1 radical (unpaired) electrons. The van der Waals surface area contributed by atoms with Crippen LogP contribution in [0.5, 0.6) is 0 Å². The van der Waals surface area contributed by atoms with Crippen LogP contribution < -0.4 is 15.8 Å². The van der Waals surface area contributed by atoms with Crippen LogP contribution in [0.4, 0.5) is 0 Å². The Morgan fingerprint density at radius 2 is 1.62 bits per heavy atom. The van der Waals surface area contributed by atoms with Gasteiger partial charge >= 0.3 is 5.91 Å². The molecule has 0 saturated carbocycles. The number of pyridine rings is 1. The summed E-state index contributed by atoms with van der Waals surface area (Å²) in [5.74, 6) is 7.82. The molecule has 0 bridgehead atoms. The Morgan fingerprint density at radius 1 is 1.04 bits per heavy atom. The fraction of sp³-hybridized carbons (Fsp3) is 0.588. The Kier molecular flexibility index (Phi) is 8.35. The van der Waals surface area contributed by atoms with Gasteiger partial charge in [-0.1, -0.05) is 33.8 Å². The minimum atomic E-state index is -0.272. The van der Waals surface area contributed by atoms with Gasteiger partial charge in [-0.25, -0.2) is 5.01 Å². The molecular formula is C17H29N5O2+. The molecule has 2 N–H and O–H groups in total. The van der Waals surface area contributed by atoms with E-state index in [-0.39, 0.29) is 30.8 Å². The monoisotopic (exact) mass is 335 g/mol. The second-order valence-electron chi connectivity index (χ2n) is 6.76. The van der Waals surface area contributed by atoms with Gasteiger partial charge in [-0.05, 0) is 11.8 Å². The molecule has 0 atom stereocenters. The maximum Gasteiger partial charge on any atom is 0.304 e. The summed E-state index contributed by atoms with van der Waals surface area (Å²) in [7, 11) is 0. The average molecular weight is 335 g/mol. The van der Waals surface area contributed by atoms with Crippen LogP contribution in [0, 0.1) is 11.8 Å². The Balaban J connectivity index is 2.63. The third kappa shape index (κ3) is 8.03. The molecule has 1 rings (SSSR count). The lowest BCUT2D eigenvalue weighted by molar-refractivity contribution is -0.684. The normalized spacial score (nSPS) is 11.2. The second kappa shape index (κ2) is 10.00. The van der Waals surface area contributed by atoms with E-state index in [1.165, 1.54) is 10.0 Å². The molecule has 1 aromatic heterocycles. The summed E-state index contributed by atoms with van der Waals surface area (Å²) in [5.41, 5.74) is 2.67. The van der Waals surface area contributed by atoms with Gasteiger partial charge in [0.2, 0.25) is 6.54 Å². The van der Waals surface area contributed by atoms with E-state index in [9.17, 15) is 9.59 Å². The fourth-order valence-corrected chi connectivity index (χ4v) is 2.22. The van der Waals surface area contributed by atoms with E-state index in [0.717, 1.165) is 0 Å². The van der Waals surface area contributed by atoms with Gasteiger partial charge in [-0.15, -0.1) is 0 Å². The van der Waals surface area contributed by atoms with Crippen LogP contribution in [0.15, 0.2) is 30.6 Å². The van der Waals surface area contributed by atoms with E-state index < -0.39 is 0 Å². The summed E-state index contributed by atoms with van der Waals surface area (Å²) in [6.45, 7) is 8.97. The lowest BCUT2D eigenvalue weighted by atomic mass is 10.2. The fourth-order valence-electron chi connectivity index (χ4n) is 2.22. The van der Waals surface area contributed by atoms with Gasteiger partial charge in [-0.3, -0.25) is 20.0 Å². The van der Waals surface area contributed by atoms with Gasteiger partial charge in [0.15, 0.2) is 12.4 Å². The molecule has 0 saturated heterocycles. The summed E-state index contributed by atoms with van der Waals surface area (Å²) in [5, 5.41) is 2.57. The molecule has 0 aromatic carbocycles. The highest BCUT2D eigenvalue weighted by Gasteiger charge is 2.21. The number of carbonyl (C=O) groups is 2. The minimum absolute atomic E-state index is 0.0380. The van der Waals surface area contributed by atoms with Gasteiger partial charge in [0.05, 0.1) is 6.54 Å². The van der Waals surface area contributed by atoms with Crippen molar-refractivity contribution in [2.75, 3.05) is 19.6 Å². The topological polar surface area (TPSA) is 80.3 Å². The van der Waals surface area contributed by atoms with Crippen molar-refractivity contribution in [3.8, 4) is 0 Å². The molecular weight excluding hydrogens is 306 g/mol. The summed E-state index contributed by atoms with van der Waals surface area (Å²) in [4.78, 5) is 24.6. The highest BCUT2D eigenvalue weighted by molar-refractivity contribution is 5.82. The van der Waals surface area contributed by atoms with Gasteiger partial charge in [0, 0.05) is 25.2 Å². The zero-order valence-electron chi connectivity index (χ0n) is 15.0. The van der Waals surface area contributed by atoms with Gasteiger partial charge in [0.1, 0.15) is 0 Å². The molecule has 7 nitrogen and oxygen atoms in total. The van der Waals surface area contributed by atoms with Crippen molar-refractivity contribution in [3.05, 3.63) is 30.6 Å². The van der Waals surface area contributed by atoms with E-state index in [4.69, 9.17) is 5.84 Å². The maximum absolute atomic E-state index is 12.4. The first-order chi connectivity index (χ1) is 11.3. The molecule has 0 aliphatic carbocycles. The predicted octanol–water partition coefficient (Wildman–Crippen LogP) is 0.646. The number of nitrogens with zero attached hydrogens (tertiary/aromatic N) is 3. The zero-order chi connectivity index (χ0) is 18.1. The standard InChI is InChI=1S/C17H28N5O2/c1-14(2)10-21(18)13-17(24)22(11-15(3)4)19-16(23)12-20-8-6-5-7-9-20/h5-9,14-15,18H,10-13H2,1-4H3/p+1. The van der Waals surface area contributed by atoms with Crippen molar-refractivity contribution in [2.45, 2.75) is 34.2 Å². The Hall–Kier alpha value is -1.99. The zero-order valence-corrected chi connectivity index (χ0v) is 15.0. The second-order valence-corrected chi connectivity index (χ2v) is 6.76. The van der Waals surface area contributed by atoms with E-state index in [2.05, 4.69) is 5.43 Å². The molecule has 0 spiro atoms. The van der Waals surface area contributed by atoms with E-state index >= 15 is 0 Å². The van der Waals surface area contributed by atoms with Crippen LogP contribution in [0.3, 0.4) is 0 Å². The summed E-state index contributed by atoms with van der Waals surface area (Å²) in [6.07, 6.45) is 3.59. The van der Waals surface area contributed by atoms with E-state index in [1.54, 1.807) is 17.0 Å². The highest BCUT2D eigenvalue weighted by atomic mass is 16.2. The smallest absolute Gasteiger partial charge is 0.271 e. The lowest BCUT2D eigenvalue weighted by Crippen LogP contribution is -2.54. The molecule has 133 valence electrons. The molecule has 7 heteroatoms. The number of hydrazine groups is 1. The average Bonchev–Trinajstić information content (AvgIpc) is 2.46. The summed E-state index contributed by atoms with van der Waals surface area (Å²) in [6, 6.07) is 5.56. The van der Waals surface area contributed by atoms with Crippen molar-refractivity contribution in [1.29, 1.82) is 0 Å². The quantitative estimate of drug-likeness (QED) is 0.559. The van der Waals surface area contributed by atoms with Crippen molar-refractivity contribution >= 4 is 11.8 Å². The Bertz CT molecular complexity index is 519. The third-order valence-corrected chi connectivity index (χ3v) is 3.12. The van der Waals surface area contributed by atoms with Gasteiger partial charge in [0.25, 0.3) is 5.91 Å². The molecule has 0 unspecified atom stereocenters. The first-order valence-corrected chi connectivity index (χ1v) is 8.28. The Labute approximate surface area is 144 Å². The number of hydrogen-bond donors (Lipinski definition) is 1. The van der Waals surface area contributed by atoms with Crippen LogP contribution in [-0.2, 0) is 16.1 Å². The van der Waals surface area contributed by atoms with Crippen molar-refractivity contribution in [3.63, 3.8) is 0 Å². The van der Waals surface area contributed by atoms with Crippen LogP contribution in [0.1, 0.15) is 27.7 Å². The van der Waals surface area contributed by atoms with Gasteiger partial charge < -0.3 is 0 Å². The Morgan fingerprint density at radius 3 is 2.17 bits per heavy atom. The minimum Gasteiger partial charge on any atom is -0.271 e. The van der Waals surface area contributed by atoms with Crippen LogP contribution >= 0.6 is 0 Å². The number of aromatic nitrogens is 1.